The van der Waals surface area contributed by atoms with Gasteiger partial charge in [0, 0.05) is 17.3 Å². The summed E-state index contributed by atoms with van der Waals surface area (Å²) in [6.07, 6.45) is 2.04. The Balaban J connectivity index is 2.66. The van der Waals surface area contributed by atoms with E-state index in [2.05, 4.69) is 0 Å². The normalized spacial score (nSPS) is 31.9. The predicted molar refractivity (Wildman–Crippen MR) is 38.8 cm³/mol. The summed E-state index contributed by atoms with van der Waals surface area (Å²) < 4.78 is 0. The quantitative estimate of drug-likeness (QED) is 0.421. The smallest absolute Gasteiger partial charge is 0.270 e. The summed E-state index contributed by atoms with van der Waals surface area (Å²) in [7, 11) is 0. The van der Waals surface area contributed by atoms with Crippen molar-refractivity contribution >= 4 is 5.78 Å². The minimum Gasteiger partial charge on any atom is -0.292 e. The fourth-order valence-electron chi connectivity index (χ4n) is 1.44. The second-order valence-corrected chi connectivity index (χ2v) is 3.04. The van der Waals surface area contributed by atoms with E-state index < -0.39 is 11.0 Å². The first-order chi connectivity index (χ1) is 5.13. The Morgan fingerprint density at radius 2 is 2.18 bits per heavy atom. The molecule has 0 bridgehead atoms. The average molecular weight is 157 g/mol. The Morgan fingerprint density at radius 1 is 1.55 bits per heavy atom. The van der Waals surface area contributed by atoms with Crippen LogP contribution in [0.15, 0.2) is 0 Å². The molecule has 0 heterocycles. The SMILES string of the molecule is C[C@H]1CCC[C@H]([N+](=O)[O-])C1=O. The van der Waals surface area contributed by atoms with Crippen molar-refractivity contribution in [2.75, 3.05) is 0 Å². The van der Waals surface area contributed by atoms with E-state index in [0.717, 1.165) is 12.8 Å². The van der Waals surface area contributed by atoms with Gasteiger partial charge in [0.2, 0.25) is 5.78 Å². The zero-order chi connectivity index (χ0) is 8.43. The number of hydrogen-bond donors (Lipinski definition) is 0. The van der Waals surface area contributed by atoms with Crippen molar-refractivity contribution in [1.29, 1.82) is 0 Å². The molecule has 62 valence electrons. The van der Waals surface area contributed by atoms with E-state index in [-0.39, 0.29) is 11.7 Å². The lowest BCUT2D eigenvalue weighted by Crippen LogP contribution is -2.37. The third-order valence-corrected chi connectivity index (χ3v) is 2.18. The Kier molecular flexibility index (Phi) is 2.22. The van der Waals surface area contributed by atoms with E-state index in [0.29, 0.717) is 6.42 Å². The monoisotopic (exact) mass is 157 g/mol. The Morgan fingerprint density at radius 3 is 2.64 bits per heavy atom. The molecule has 0 aromatic carbocycles. The molecular formula is C7H11NO3. The lowest BCUT2D eigenvalue weighted by atomic mass is 9.86. The third kappa shape index (κ3) is 1.56. The van der Waals surface area contributed by atoms with Gasteiger partial charge in [-0.3, -0.25) is 14.9 Å². The molecule has 1 rings (SSSR count). The summed E-state index contributed by atoms with van der Waals surface area (Å²) >= 11 is 0. The highest BCUT2D eigenvalue weighted by Crippen LogP contribution is 2.21. The minimum absolute atomic E-state index is 0.112. The van der Waals surface area contributed by atoms with Gasteiger partial charge in [0.05, 0.1) is 0 Å². The zero-order valence-electron chi connectivity index (χ0n) is 6.45. The molecule has 1 saturated carbocycles. The van der Waals surface area contributed by atoms with Crippen LogP contribution in [0.2, 0.25) is 0 Å². The second kappa shape index (κ2) is 2.98. The van der Waals surface area contributed by atoms with Crippen molar-refractivity contribution in [3.8, 4) is 0 Å². The molecule has 0 aromatic heterocycles. The van der Waals surface area contributed by atoms with Gasteiger partial charge in [-0.15, -0.1) is 0 Å². The molecule has 2 atom stereocenters. The molecule has 0 unspecified atom stereocenters. The Bertz CT molecular complexity index is 190. The number of hydrogen-bond acceptors (Lipinski definition) is 3. The topological polar surface area (TPSA) is 60.2 Å². The van der Waals surface area contributed by atoms with Gasteiger partial charge < -0.3 is 0 Å². The van der Waals surface area contributed by atoms with E-state index >= 15 is 0 Å². The van der Waals surface area contributed by atoms with Crippen LogP contribution in [0.3, 0.4) is 0 Å². The van der Waals surface area contributed by atoms with Crippen LogP contribution in [-0.4, -0.2) is 16.7 Å². The fraction of sp³-hybridized carbons (Fsp3) is 0.857. The highest BCUT2D eigenvalue weighted by Gasteiger charge is 2.36. The van der Waals surface area contributed by atoms with E-state index in [1.54, 1.807) is 6.92 Å². The van der Waals surface area contributed by atoms with Crippen LogP contribution < -0.4 is 0 Å². The largest absolute Gasteiger partial charge is 0.292 e. The number of ketones is 1. The number of Topliss-reactive ketones (excluding diaryl/α,β-unsaturated/α-hetero) is 1. The average Bonchev–Trinajstić information content (AvgIpc) is 1.94. The maximum Gasteiger partial charge on any atom is 0.270 e. The molecule has 1 aliphatic rings. The van der Waals surface area contributed by atoms with Crippen LogP contribution in [0.1, 0.15) is 26.2 Å². The maximum atomic E-state index is 11.1. The summed E-state index contributed by atoms with van der Waals surface area (Å²) in [5.74, 6) is -0.305. The van der Waals surface area contributed by atoms with Gasteiger partial charge in [-0.05, 0) is 12.8 Å². The van der Waals surface area contributed by atoms with E-state index in [9.17, 15) is 14.9 Å². The summed E-state index contributed by atoms with van der Waals surface area (Å²) in [6.45, 7) is 1.76. The molecule has 1 aliphatic carbocycles. The first-order valence-corrected chi connectivity index (χ1v) is 3.80. The van der Waals surface area contributed by atoms with Crippen molar-refractivity contribution < 1.29 is 9.72 Å². The van der Waals surface area contributed by atoms with Gasteiger partial charge in [0.1, 0.15) is 0 Å². The highest BCUT2D eigenvalue weighted by atomic mass is 16.6. The first-order valence-electron chi connectivity index (χ1n) is 3.80. The van der Waals surface area contributed by atoms with E-state index in [1.165, 1.54) is 0 Å². The number of nitro groups is 1. The van der Waals surface area contributed by atoms with Crippen molar-refractivity contribution in [2.45, 2.75) is 32.2 Å². The molecule has 0 aliphatic heterocycles. The predicted octanol–water partition coefficient (Wildman–Crippen LogP) is 1.02. The molecular weight excluding hydrogens is 146 g/mol. The number of carbonyl (C=O) groups excluding carboxylic acids is 1. The van der Waals surface area contributed by atoms with E-state index in [1.807, 2.05) is 0 Å². The van der Waals surface area contributed by atoms with E-state index in [4.69, 9.17) is 0 Å². The van der Waals surface area contributed by atoms with Crippen LogP contribution in [0, 0.1) is 16.0 Å². The number of nitrogens with zero attached hydrogens (tertiary/aromatic N) is 1. The molecule has 1 fully saturated rings. The van der Waals surface area contributed by atoms with Gasteiger partial charge >= 0.3 is 0 Å². The summed E-state index contributed by atoms with van der Waals surface area (Å²) in [5, 5.41) is 10.3. The standard InChI is InChI=1S/C7H11NO3/c1-5-3-2-4-6(7(5)9)8(10)11/h5-6H,2-4H2,1H3/t5-,6-/m0/s1. The number of carbonyl (C=O) groups is 1. The molecule has 0 aromatic rings. The molecule has 4 nitrogen and oxygen atoms in total. The van der Waals surface area contributed by atoms with Crippen LogP contribution >= 0.6 is 0 Å². The van der Waals surface area contributed by atoms with Gasteiger partial charge in [0.15, 0.2) is 0 Å². The Labute approximate surface area is 64.7 Å². The molecule has 11 heavy (non-hydrogen) atoms. The van der Waals surface area contributed by atoms with Crippen LogP contribution in [0.25, 0.3) is 0 Å². The molecule has 0 saturated heterocycles. The van der Waals surface area contributed by atoms with Crippen LogP contribution in [0.4, 0.5) is 0 Å². The summed E-state index contributed by atoms with van der Waals surface area (Å²) in [4.78, 5) is 21.0. The lowest BCUT2D eigenvalue weighted by molar-refractivity contribution is -0.510. The van der Waals surface area contributed by atoms with Gasteiger partial charge in [-0.1, -0.05) is 6.92 Å². The summed E-state index contributed by atoms with van der Waals surface area (Å²) in [6, 6.07) is -0.918. The highest BCUT2D eigenvalue weighted by molar-refractivity contribution is 5.85. The van der Waals surface area contributed by atoms with Crippen molar-refractivity contribution in [3.05, 3.63) is 10.1 Å². The van der Waals surface area contributed by atoms with Crippen molar-refractivity contribution in [1.82, 2.24) is 0 Å². The lowest BCUT2D eigenvalue weighted by Gasteiger charge is -2.18. The molecule has 0 radical (unpaired) electrons. The van der Waals surface area contributed by atoms with Crippen LogP contribution in [-0.2, 0) is 4.79 Å². The molecule has 4 heteroatoms. The van der Waals surface area contributed by atoms with Gasteiger partial charge in [-0.2, -0.15) is 0 Å². The zero-order valence-corrected chi connectivity index (χ0v) is 6.45. The maximum absolute atomic E-state index is 11.1. The summed E-state index contributed by atoms with van der Waals surface area (Å²) in [5.41, 5.74) is 0. The van der Waals surface area contributed by atoms with Gasteiger partial charge in [-0.25, -0.2) is 0 Å². The first kappa shape index (κ1) is 8.17. The third-order valence-electron chi connectivity index (χ3n) is 2.18. The second-order valence-electron chi connectivity index (χ2n) is 3.04. The van der Waals surface area contributed by atoms with Crippen molar-refractivity contribution in [3.63, 3.8) is 0 Å². The molecule has 0 N–H and O–H groups in total. The van der Waals surface area contributed by atoms with Gasteiger partial charge in [0.25, 0.3) is 6.04 Å². The number of rotatable bonds is 1. The minimum atomic E-state index is -0.918. The Hall–Kier alpha value is -0.930. The van der Waals surface area contributed by atoms with Crippen molar-refractivity contribution in [2.24, 2.45) is 5.92 Å². The fourth-order valence-corrected chi connectivity index (χ4v) is 1.44. The molecule has 0 spiro atoms. The van der Waals surface area contributed by atoms with Crippen LogP contribution in [0.5, 0.6) is 0 Å². The molecule has 0 amide bonds.